The van der Waals surface area contributed by atoms with E-state index in [1.807, 2.05) is 49.4 Å². The molecule has 1 N–H and O–H groups in total. The van der Waals surface area contributed by atoms with E-state index in [0.29, 0.717) is 24.1 Å². The van der Waals surface area contributed by atoms with Crippen LogP contribution in [0.3, 0.4) is 0 Å². The number of aromatic nitrogens is 4. The maximum Gasteiger partial charge on any atom is 0.346 e. The molecule has 1 aliphatic heterocycles. The van der Waals surface area contributed by atoms with Gasteiger partial charge in [0.2, 0.25) is 0 Å². The summed E-state index contributed by atoms with van der Waals surface area (Å²) < 4.78 is 13.5. The van der Waals surface area contributed by atoms with Crippen LogP contribution in [-0.4, -0.2) is 50.8 Å². The molecule has 2 heterocycles. The maximum absolute atomic E-state index is 6.07. The number of nitrogens with zero attached hydrogens (tertiary/aromatic N) is 5. The summed E-state index contributed by atoms with van der Waals surface area (Å²) in [7, 11) is 0. The summed E-state index contributed by atoms with van der Waals surface area (Å²) in [6.45, 7) is 6.54. The zero-order valence-electron chi connectivity index (χ0n) is 21.4. The molecule has 0 amide bonds. The minimum atomic E-state index is 0. The lowest BCUT2D eigenvalue weighted by atomic mass is 10.0. The van der Waals surface area contributed by atoms with Crippen LogP contribution in [0.25, 0.3) is 5.69 Å². The van der Waals surface area contributed by atoms with Crippen molar-refractivity contribution in [2.24, 2.45) is 0 Å². The van der Waals surface area contributed by atoms with Crippen LogP contribution in [0.1, 0.15) is 30.9 Å². The largest absolute Gasteiger partial charge is 0.490 e. The van der Waals surface area contributed by atoms with Crippen molar-refractivity contribution in [2.75, 3.05) is 19.7 Å². The lowest BCUT2D eigenvalue weighted by Gasteiger charge is -2.32. The number of hydrogen-bond acceptors (Lipinski definition) is 7. The predicted octanol–water partition coefficient (Wildman–Crippen LogP) is 5.45. The highest BCUT2D eigenvalue weighted by Gasteiger charge is 2.19. The molecule has 1 aliphatic rings. The first-order valence-electron chi connectivity index (χ1n) is 12.6. The summed E-state index contributed by atoms with van der Waals surface area (Å²) in [6.07, 6.45) is 2.29. The van der Waals surface area contributed by atoms with Crippen molar-refractivity contribution in [3.63, 3.8) is 0 Å². The molecule has 0 spiro atoms. The van der Waals surface area contributed by atoms with Crippen LogP contribution in [0.4, 0.5) is 0 Å². The van der Waals surface area contributed by atoms with E-state index in [1.54, 1.807) is 4.68 Å². The fraction of sp³-hybridized carbons (Fsp3) is 0.321. The summed E-state index contributed by atoms with van der Waals surface area (Å²) >= 11 is 0. The zero-order chi connectivity index (χ0) is 24.6. The molecule has 0 aliphatic carbocycles. The standard InChI is InChI=1S/C28H32N6O2.2ClH/c1-2-35-27-19-23(20-29-24-15-17-33(18-16-24)21-22-9-5-3-6-10-22)13-14-26(27)36-28-30-31-32-34(28)25-11-7-4-8-12-25;;/h3-14,19,24,29H,2,15-18,20-21H2,1H3;2*1H. The molecule has 0 atom stereocenters. The molecule has 0 bridgehead atoms. The van der Waals surface area contributed by atoms with Gasteiger partial charge in [0.25, 0.3) is 0 Å². The van der Waals surface area contributed by atoms with E-state index in [0.717, 1.165) is 50.3 Å². The quantitative estimate of drug-likeness (QED) is 0.278. The Bertz CT molecular complexity index is 1230. The van der Waals surface area contributed by atoms with Gasteiger partial charge in [-0.3, -0.25) is 4.90 Å². The lowest BCUT2D eigenvalue weighted by molar-refractivity contribution is 0.190. The number of benzene rings is 3. The first-order valence-corrected chi connectivity index (χ1v) is 12.6. The number of piperidine rings is 1. The molecule has 0 saturated carbocycles. The van der Waals surface area contributed by atoms with Crippen LogP contribution in [0.15, 0.2) is 78.9 Å². The summed E-state index contributed by atoms with van der Waals surface area (Å²) in [5.41, 5.74) is 3.36. The highest BCUT2D eigenvalue weighted by atomic mass is 35.5. The maximum atomic E-state index is 6.07. The summed E-state index contributed by atoms with van der Waals surface area (Å²) in [5.74, 6) is 1.26. The Labute approximate surface area is 236 Å². The fourth-order valence-electron chi connectivity index (χ4n) is 4.49. The Morgan fingerprint density at radius 1 is 0.868 bits per heavy atom. The van der Waals surface area contributed by atoms with E-state index in [1.165, 1.54) is 5.56 Å². The Morgan fingerprint density at radius 2 is 1.58 bits per heavy atom. The minimum absolute atomic E-state index is 0. The van der Waals surface area contributed by atoms with Gasteiger partial charge in [-0.1, -0.05) is 59.7 Å². The molecule has 4 aromatic rings. The Morgan fingerprint density at radius 3 is 2.29 bits per heavy atom. The van der Waals surface area contributed by atoms with Crippen LogP contribution in [0.2, 0.25) is 0 Å². The number of rotatable bonds is 10. The van der Waals surface area contributed by atoms with Gasteiger partial charge >= 0.3 is 6.01 Å². The number of hydrogen-bond donors (Lipinski definition) is 1. The SMILES string of the molecule is CCOc1cc(CNC2CCN(Cc3ccccc3)CC2)ccc1Oc1nnnn1-c1ccccc1.Cl.Cl. The third kappa shape index (κ3) is 7.68. The van der Waals surface area contributed by atoms with Crippen molar-refractivity contribution in [3.05, 3.63) is 90.0 Å². The Hall–Kier alpha value is -3.17. The number of para-hydroxylation sites is 1. The van der Waals surface area contributed by atoms with E-state index in [2.05, 4.69) is 62.1 Å². The van der Waals surface area contributed by atoms with Gasteiger partial charge in [-0.05, 0) is 78.7 Å². The highest BCUT2D eigenvalue weighted by Crippen LogP contribution is 2.32. The summed E-state index contributed by atoms with van der Waals surface area (Å²) in [6, 6.07) is 27.2. The first-order chi connectivity index (χ1) is 17.8. The molecule has 1 saturated heterocycles. The molecule has 3 aromatic carbocycles. The first kappa shape index (κ1) is 29.4. The van der Waals surface area contributed by atoms with E-state index in [9.17, 15) is 0 Å². The van der Waals surface area contributed by atoms with E-state index in [4.69, 9.17) is 9.47 Å². The topological polar surface area (TPSA) is 77.3 Å². The summed E-state index contributed by atoms with van der Waals surface area (Å²) in [5, 5.41) is 15.6. The van der Waals surface area contributed by atoms with Crippen molar-refractivity contribution in [1.29, 1.82) is 0 Å². The van der Waals surface area contributed by atoms with Crippen molar-refractivity contribution >= 4 is 24.8 Å². The highest BCUT2D eigenvalue weighted by molar-refractivity contribution is 5.85. The van der Waals surface area contributed by atoms with Gasteiger partial charge in [0.05, 0.1) is 12.3 Å². The molecule has 1 fully saturated rings. The Kier molecular flexibility index (Phi) is 11.4. The predicted molar refractivity (Wildman–Crippen MR) is 153 cm³/mol. The second kappa shape index (κ2) is 14.7. The smallest absolute Gasteiger partial charge is 0.346 e. The number of nitrogens with one attached hydrogen (secondary N) is 1. The molecule has 38 heavy (non-hydrogen) atoms. The van der Waals surface area contributed by atoms with Crippen LogP contribution >= 0.6 is 24.8 Å². The van der Waals surface area contributed by atoms with Crippen molar-refractivity contribution in [2.45, 2.75) is 38.9 Å². The molecule has 10 heteroatoms. The van der Waals surface area contributed by atoms with Gasteiger partial charge in [0.1, 0.15) is 0 Å². The molecule has 5 rings (SSSR count). The van der Waals surface area contributed by atoms with Crippen LogP contribution < -0.4 is 14.8 Å². The average Bonchev–Trinajstić information content (AvgIpc) is 3.39. The number of likely N-dealkylation sites (tertiary alicyclic amines) is 1. The molecule has 0 radical (unpaired) electrons. The number of tetrazole rings is 1. The normalized spacial score (nSPS) is 13.8. The van der Waals surface area contributed by atoms with Gasteiger partial charge < -0.3 is 14.8 Å². The van der Waals surface area contributed by atoms with E-state index >= 15 is 0 Å². The second-order valence-electron chi connectivity index (χ2n) is 8.94. The minimum Gasteiger partial charge on any atom is -0.490 e. The Balaban J connectivity index is 0.00000200. The fourth-order valence-corrected chi connectivity index (χ4v) is 4.49. The molecule has 0 unspecified atom stereocenters. The monoisotopic (exact) mass is 556 g/mol. The van der Waals surface area contributed by atoms with Gasteiger partial charge in [-0.2, -0.15) is 4.68 Å². The van der Waals surface area contributed by atoms with Crippen LogP contribution in [0, 0.1) is 0 Å². The molecule has 8 nitrogen and oxygen atoms in total. The number of halogens is 2. The van der Waals surface area contributed by atoms with E-state index in [-0.39, 0.29) is 30.8 Å². The molecule has 1 aromatic heterocycles. The molecular weight excluding hydrogens is 523 g/mol. The van der Waals surface area contributed by atoms with Gasteiger partial charge in [-0.15, -0.1) is 24.8 Å². The summed E-state index contributed by atoms with van der Waals surface area (Å²) in [4.78, 5) is 2.54. The van der Waals surface area contributed by atoms with Crippen LogP contribution in [-0.2, 0) is 13.1 Å². The molecule has 202 valence electrons. The van der Waals surface area contributed by atoms with Crippen molar-refractivity contribution < 1.29 is 9.47 Å². The second-order valence-corrected chi connectivity index (χ2v) is 8.94. The third-order valence-electron chi connectivity index (χ3n) is 6.38. The van der Waals surface area contributed by atoms with Crippen molar-refractivity contribution in [3.8, 4) is 23.2 Å². The zero-order valence-corrected chi connectivity index (χ0v) is 23.0. The number of ether oxygens (including phenoxy) is 2. The lowest BCUT2D eigenvalue weighted by Crippen LogP contribution is -2.41. The third-order valence-corrected chi connectivity index (χ3v) is 6.38. The van der Waals surface area contributed by atoms with Crippen LogP contribution in [0.5, 0.6) is 17.5 Å². The average molecular weight is 558 g/mol. The van der Waals surface area contributed by atoms with E-state index < -0.39 is 0 Å². The molecular formula is C28H34Cl2N6O2. The van der Waals surface area contributed by atoms with Gasteiger partial charge in [0.15, 0.2) is 11.5 Å². The van der Waals surface area contributed by atoms with Crippen molar-refractivity contribution in [1.82, 2.24) is 30.4 Å². The van der Waals surface area contributed by atoms with Gasteiger partial charge in [-0.25, -0.2) is 0 Å². The van der Waals surface area contributed by atoms with Gasteiger partial charge in [0, 0.05) is 19.1 Å².